The number of nitrogens with zero attached hydrogens (tertiary/aromatic N) is 3. The number of aromatic nitrogens is 2. The Hall–Kier alpha value is -2.12. The average molecular weight is 352 g/mol. The van der Waals surface area contributed by atoms with E-state index in [-0.39, 0.29) is 0 Å². The highest BCUT2D eigenvalue weighted by Crippen LogP contribution is 2.39. The second kappa shape index (κ2) is 5.26. The molecule has 0 aliphatic carbocycles. The molecule has 1 aliphatic rings. The van der Waals surface area contributed by atoms with Crippen LogP contribution in [0.5, 0.6) is 0 Å². The molecule has 22 heavy (non-hydrogen) atoms. The van der Waals surface area contributed by atoms with Crippen LogP contribution in [0.15, 0.2) is 41.0 Å². The maximum atomic E-state index is 9.81. The van der Waals surface area contributed by atoms with E-state index in [1.54, 1.807) is 0 Å². The van der Waals surface area contributed by atoms with E-state index in [0.29, 0.717) is 0 Å². The Balaban J connectivity index is 2.16. The van der Waals surface area contributed by atoms with Crippen molar-refractivity contribution in [3.8, 4) is 17.3 Å². The summed E-state index contributed by atoms with van der Waals surface area (Å²) in [5, 5.41) is 16.4. The third kappa shape index (κ3) is 1.97. The summed E-state index contributed by atoms with van der Waals surface area (Å²) >= 11 is 3.62. The van der Waals surface area contributed by atoms with Crippen molar-refractivity contribution in [2.45, 2.75) is 25.8 Å². The molecule has 108 valence electrons. The van der Waals surface area contributed by atoms with Crippen molar-refractivity contribution >= 4 is 26.7 Å². The predicted octanol–water partition coefficient (Wildman–Crippen LogP) is 4.67. The van der Waals surface area contributed by atoms with Crippen LogP contribution in [0.4, 0.5) is 0 Å². The van der Waals surface area contributed by atoms with Crippen molar-refractivity contribution in [3.05, 3.63) is 52.1 Å². The van der Waals surface area contributed by atoms with Gasteiger partial charge in [-0.05, 0) is 46.1 Å². The zero-order valence-electron chi connectivity index (χ0n) is 12.0. The minimum atomic E-state index is 0.762. The largest absolute Gasteiger partial charge is 0.264 e. The van der Waals surface area contributed by atoms with Crippen molar-refractivity contribution in [1.29, 1.82) is 5.26 Å². The fourth-order valence-electron chi connectivity index (χ4n) is 3.35. The van der Waals surface area contributed by atoms with E-state index in [9.17, 15) is 5.26 Å². The maximum Gasteiger partial charge on any atom is 0.100 e. The lowest BCUT2D eigenvalue weighted by Gasteiger charge is -2.19. The SMILES string of the molecule is N#Cc1c2c(cc3ccccc13)CCCCn1ncc(Br)c1-2. The molecule has 0 saturated heterocycles. The number of aryl methyl sites for hydroxylation is 2. The molecule has 3 nitrogen and oxygen atoms in total. The predicted molar refractivity (Wildman–Crippen MR) is 90.5 cm³/mol. The van der Waals surface area contributed by atoms with Gasteiger partial charge in [-0.1, -0.05) is 30.3 Å². The number of fused-ring (bicyclic) bond motifs is 4. The number of hydrogen-bond donors (Lipinski definition) is 0. The number of rotatable bonds is 0. The molecule has 0 N–H and O–H groups in total. The lowest BCUT2D eigenvalue weighted by molar-refractivity contribution is 0.555. The monoisotopic (exact) mass is 351 g/mol. The van der Waals surface area contributed by atoms with Crippen molar-refractivity contribution < 1.29 is 0 Å². The molecule has 0 atom stereocenters. The molecule has 1 aromatic heterocycles. The number of hydrogen-bond acceptors (Lipinski definition) is 2. The fraction of sp³-hybridized carbons (Fsp3) is 0.222. The van der Waals surface area contributed by atoms with Gasteiger partial charge in [0.05, 0.1) is 21.9 Å². The Morgan fingerprint density at radius 2 is 2.09 bits per heavy atom. The van der Waals surface area contributed by atoms with E-state index in [0.717, 1.165) is 57.9 Å². The molecule has 0 radical (unpaired) electrons. The number of halogens is 1. The van der Waals surface area contributed by atoms with Gasteiger partial charge in [-0.2, -0.15) is 10.4 Å². The van der Waals surface area contributed by atoms with Crippen molar-refractivity contribution in [1.82, 2.24) is 9.78 Å². The van der Waals surface area contributed by atoms with Crippen LogP contribution in [-0.2, 0) is 13.0 Å². The number of benzene rings is 2. The van der Waals surface area contributed by atoms with Crippen LogP contribution in [0, 0.1) is 11.3 Å². The second-order valence-corrected chi connectivity index (χ2v) is 6.49. The molecule has 1 aliphatic heterocycles. The molecule has 0 unspecified atom stereocenters. The van der Waals surface area contributed by atoms with Gasteiger partial charge in [0.2, 0.25) is 0 Å². The highest BCUT2D eigenvalue weighted by molar-refractivity contribution is 9.10. The summed E-state index contributed by atoms with van der Waals surface area (Å²) in [5.74, 6) is 0. The van der Waals surface area contributed by atoms with Gasteiger partial charge in [-0.25, -0.2) is 0 Å². The minimum Gasteiger partial charge on any atom is -0.264 e. The van der Waals surface area contributed by atoms with Gasteiger partial charge in [-0.3, -0.25) is 4.68 Å². The topological polar surface area (TPSA) is 41.6 Å². The standard InChI is InChI=1S/C18H14BrN3/c19-16-11-21-22-8-4-3-6-13-9-12-5-1-2-7-14(12)15(10-20)17(13)18(16)22/h1-2,5,7,9,11H,3-4,6,8H2. The van der Waals surface area contributed by atoms with Gasteiger partial charge in [0.15, 0.2) is 0 Å². The van der Waals surface area contributed by atoms with Crippen LogP contribution in [0.2, 0.25) is 0 Å². The molecule has 0 bridgehead atoms. The molecule has 3 aromatic rings. The summed E-state index contributed by atoms with van der Waals surface area (Å²) in [5.41, 5.74) is 4.09. The van der Waals surface area contributed by atoms with E-state index in [4.69, 9.17) is 0 Å². The van der Waals surface area contributed by atoms with Gasteiger partial charge in [0.25, 0.3) is 0 Å². The van der Waals surface area contributed by atoms with E-state index >= 15 is 0 Å². The van der Waals surface area contributed by atoms with E-state index in [1.807, 2.05) is 29.1 Å². The zero-order valence-corrected chi connectivity index (χ0v) is 13.6. The van der Waals surface area contributed by atoms with Crippen molar-refractivity contribution in [2.24, 2.45) is 0 Å². The summed E-state index contributed by atoms with van der Waals surface area (Å²) in [6.07, 6.45) is 5.07. The van der Waals surface area contributed by atoms with Gasteiger partial charge in [-0.15, -0.1) is 0 Å². The Kier molecular flexibility index (Phi) is 3.24. The fourth-order valence-corrected chi connectivity index (χ4v) is 3.84. The summed E-state index contributed by atoms with van der Waals surface area (Å²) in [4.78, 5) is 0. The quantitative estimate of drug-likeness (QED) is 0.590. The summed E-state index contributed by atoms with van der Waals surface area (Å²) in [7, 11) is 0. The van der Waals surface area contributed by atoms with Crippen LogP contribution in [-0.4, -0.2) is 9.78 Å². The van der Waals surface area contributed by atoms with Crippen LogP contribution in [0.1, 0.15) is 24.0 Å². The molecule has 0 spiro atoms. The summed E-state index contributed by atoms with van der Waals surface area (Å²) in [6, 6.07) is 12.8. The first-order valence-corrected chi connectivity index (χ1v) is 8.25. The number of nitriles is 1. The molecular weight excluding hydrogens is 338 g/mol. The maximum absolute atomic E-state index is 9.81. The first kappa shape index (κ1) is 13.5. The van der Waals surface area contributed by atoms with Crippen LogP contribution < -0.4 is 0 Å². The zero-order chi connectivity index (χ0) is 15.1. The van der Waals surface area contributed by atoms with E-state index in [1.165, 1.54) is 5.56 Å². The first-order valence-electron chi connectivity index (χ1n) is 7.46. The highest BCUT2D eigenvalue weighted by atomic mass is 79.9. The third-order valence-corrected chi connectivity index (χ3v) is 4.92. The second-order valence-electron chi connectivity index (χ2n) is 5.64. The summed E-state index contributed by atoms with van der Waals surface area (Å²) < 4.78 is 2.99. The van der Waals surface area contributed by atoms with Crippen molar-refractivity contribution in [3.63, 3.8) is 0 Å². The average Bonchev–Trinajstić information content (AvgIpc) is 2.87. The molecular formula is C18H14BrN3. The van der Waals surface area contributed by atoms with Gasteiger partial charge < -0.3 is 0 Å². The Bertz CT molecular complexity index is 918. The Labute approximate surface area is 137 Å². The van der Waals surface area contributed by atoms with E-state index in [2.05, 4.69) is 39.2 Å². The smallest absolute Gasteiger partial charge is 0.100 e. The molecule has 0 fully saturated rings. The van der Waals surface area contributed by atoms with Gasteiger partial charge in [0, 0.05) is 17.5 Å². The van der Waals surface area contributed by atoms with Crippen molar-refractivity contribution in [2.75, 3.05) is 0 Å². The third-order valence-electron chi connectivity index (χ3n) is 4.34. The Morgan fingerprint density at radius 3 is 2.95 bits per heavy atom. The lowest BCUT2D eigenvalue weighted by atomic mass is 9.89. The van der Waals surface area contributed by atoms with Crippen LogP contribution >= 0.6 is 15.9 Å². The molecule has 0 amide bonds. The molecule has 0 saturated carbocycles. The van der Waals surface area contributed by atoms with Gasteiger partial charge >= 0.3 is 0 Å². The van der Waals surface area contributed by atoms with Gasteiger partial charge in [0.1, 0.15) is 6.07 Å². The molecule has 2 aromatic carbocycles. The molecule has 4 heteroatoms. The molecule has 2 heterocycles. The van der Waals surface area contributed by atoms with Crippen LogP contribution in [0.3, 0.4) is 0 Å². The first-order chi connectivity index (χ1) is 10.8. The summed E-state index contributed by atoms with van der Waals surface area (Å²) in [6.45, 7) is 0.901. The van der Waals surface area contributed by atoms with Crippen LogP contribution in [0.25, 0.3) is 22.0 Å². The minimum absolute atomic E-state index is 0.762. The normalized spacial score (nSPS) is 13.8. The lowest BCUT2D eigenvalue weighted by Crippen LogP contribution is -2.09. The highest BCUT2D eigenvalue weighted by Gasteiger charge is 2.22. The van der Waals surface area contributed by atoms with E-state index < -0.39 is 0 Å². The Morgan fingerprint density at radius 1 is 1.23 bits per heavy atom. The molecule has 4 rings (SSSR count).